The van der Waals surface area contributed by atoms with Crippen molar-refractivity contribution in [3.05, 3.63) is 53.5 Å². The van der Waals surface area contributed by atoms with Crippen molar-refractivity contribution in [3.8, 4) is 22.9 Å². The van der Waals surface area contributed by atoms with Crippen molar-refractivity contribution in [2.45, 2.75) is 19.4 Å². The number of methoxy groups -OCH3 is 1. The lowest BCUT2D eigenvalue weighted by molar-refractivity contribution is -0.124. The highest BCUT2D eigenvalue weighted by molar-refractivity contribution is 5.82. The normalized spacial score (nSPS) is 13.6. The van der Waals surface area contributed by atoms with Gasteiger partial charge in [0.2, 0.25) is 0 Å². The maximum atomic E-state index is 12.0. The van der Waals surface area contributed by atoms with Gasteiger partial charge >= 0.3 is 0 Å². The fourth-order valence-electron chi connectivity index (χ4n) is 3.99. The summed E-state index contributed by atoms with van der Waals surface area (Å²) in [6.45, 7) is 3.61. The van der Waals surface area contributed by atoms with Gasteiger partial charge in [-0.05, 0) is 42.3 Å². The molecule has 3 N–H and O–H groups in total. The number of rotatable bonds is 8. The molecule has 2 aromatic heterocycles. The highest BCUT2D eigenvalue weighted by Crippen LogP contribution is 2.32. The molecule has 176 valence electrons. The van der Waals surface area contributed by atoms with Gasteiger partial charge < -0.3 is 20.1 Å². The third-order valence-corrected chi connectivity index (χ3v) is 6.13. The lowest BCUT2D eigenvalue weighted by Gasteiger charge is -2.27. The summed E-state index contributed by atoms with van der Waals surface area (Å²) in [5, 5.41) is 18.9. The molecule has 0 unspecified atom stereocenters. The van der Waals surface area contributed by atoms with Crippen LogP contribution in [0.3, 0.4) is 0 Å². The molecule has 0 spiro atoms. The van der Waals surface area contributed by atoms with Gasteiger partial charge in [-0.2, -0.15) is 10.2 Å². The van der Waals surface area contributed by atoms with Crippen molar-refractivity contribution >= 4 is 16.8 Å². The lowest BCUT2D eigenvalue weighted by atomic mass is 10.0. The highest BCUT2D eigenvalue weighted by atomic mass is 16.5. The Morgan fingerprint density at radius 2 is 2.09 bits per heavy atom. The molecule has 2 aromatic carbocycles. The number of aryl methyl sites for hydroxylation is 2. The number of carbonyl (C=O) groups excluding carboxylic acids is 1. The van der Waals surface area contributed by atoms with Crippen molar-refractivity contribution in [2.24, 2.45) is 7.05 Å². The second kappa shape index (κ2) is 9.14. The van der Waals surface area contributed by atoms with Crippen LogP contribution in [0.4, 0.5) is 0 Å². The monoisotopic (exact) mass is 461 g/mol. The van der Waals surface area contributed by atoms with Crippen LogP contribution in [0.2, 0.25) is 0 Å². The first kappa shape index (κ1) is 21.9. The van der Waals surface area contributed by atoms with Crippen molar-refractivity contribution in [2.75, 3.05) is 26.8 Å². The van der Waals surface area contributed by atoms with Crippen molar-refractivity contribution in [3.63, 3.8) is 0 Å². The molecule has 1 aliphatic rings. The summed E-state index contributed by atoms with van der Waals surface area (Å²) in [6.07, 6.45) is 2.50. The lowest BCUT2D eigenvalue weighted by Crippen LogP contribution is -2.57. The molecule has 10 heteroatoms. The molecule has 4 aromatic rings. The van der Waals surface area contributed by atoms with Crippen LogP contribution >= 0.6 is 0 Å². The van der Waals surface area contributed by atoms with Crippen molar-refractivity contribution in [1.82, 2.24) is 35.6 Å². The molecule has 1 fully saturated rings. The first-order chi connectivity index (χ1) is 16.5. The van der Waals surface area contributed by atoms with E-state index in [1.54, 1.807) is 17.9 Å². The van der Waals surface area contributed by atoms with Gasteiger partial charge in [0, 0.05) is 37.5 Å². The van der Waals surface area contributed by atoms with E-state index in [9.17, 15) is 4.79 Å². The van der Waals surface area contributed by atoms with E-state index in [0.29, 0.717) is 23.7 Å². The van der Waals surface area contributed by atoms with E-state index in [-0.39, 0.29) is 18.6 Å². The Morgan fingerprint density at radius 3 is 2.85 bits per heavy atom. The Bertz CT molecular complexity index is 1340. The predicted molar refractivity (Wildman–Crippen MR) is 127 cm³/mol. The molecule has 0 bridgehead atoms. The van der Waals surface area contributed by atoms with Gasteiger partial charge in [0.25, 0.3) is 5.91 Å². The summed E-state index contributed by atoms with van der Waals surface area (Å²) in [7, 11) is 3.46. The molecule has 1 saturated heterocycles. The molecule has 34 heavy (non-hydrogen) atoms. The van der Waals surface area contributed by atoms with Gasteiger partial charge in [0.1, 0.15) is 5.82 Å². The van der Waals surface area contributed by atoms with Crippen LogP contribution in [0, 0.1) is 6.92 Å². The number of aromatic amines is 1. The molecule has 5 rings (SSSR count). The Kier molecular flexibility index (Phi) is 5.89. The van der Waals surface area contributed by atoms with E-state index in [1.807, 2.05) is 31.4 Å². The van der Waals surface area contributed by atoms with Gasteiger partial charge in [0.05, 0.1) is 24.9 Å². The topological polar surface area (TPSA) is 119 Å². The summed E-state index contributed by atoms with van der Waals surface area (Å²) < 4.78 is 13.0. The molecule has 0 saturated carbocycles. The zero-order valence-electron chi connectivity index (χ0n) is 19.4. The highest BCUT2D eigenvalue weighted by Gasteiger charge is 2.20. The number of nitrogens with one attached hydrogen (secondary N) is 3. The first-order valence-corrected chi connectivity index (χ1v) is 11.1. The molecular formula is C24H27N7O3. The van der Waals surface area contributed by atoms with E-state index >= 15 is 0 Å². The van der Waals surface area contributed by atoms with Crippen LogP contribution in [0.1, 0.15) is 17.0 Å². The minimum atomic E-state index is -0.155. The number of amides is 1. The number of ether oxygens (including phenoxy) is 2. The zero-order chi connectivity index (χ0) is 23.7. The molecule has 0 radical (unpaired) electrons. The summed E-state index contributed by atoms with van der Waals surface area (Å²) >= 11 is 0. The second-order valence-electron chi connectivity index (χ2n) is 8.41. The number of aromatic nitrogens is 5. The fraction of sp³-hybridized carbons (Fsp3) is 0.333. The number of hydrogen-bond acceptors (Lipinski definition) is 7. The predicted octanol–water partition coefficient (Wildman–Crippen LogP) is 1.73. The molecule has 0 atom stereocenters. The largest absolute Gasteiger partial charge is 0.493 e. The van der Waals surface area contributed by atoms with Crippen LogP contribution in [0.5, 0.6) is 11.5 Å². The number of benzene rings is 2. The standard InChI is InChI=1S/C24H27N7O3/c1-14-15(4-6-19-18(14)12-26-29-19)9-22-28-24(30-31(22)2)16-5-7-20(21(8-16)33-3)34-13-23(32)27-17-10-25-11-17/h4-8,12,17,25H,9-11,13H2,1-3H3,(H,26,29)(H,27,32). The number of carbonyl (C=O) groups is 1. The van der Waals surface area contributed by atoms with Crippen LogP contribution in [-0.2, 0) is 18.3 Å². The Hall–Kier alpha value is -3.92. The second-order valence-corrected chi connectivity index (χ2v) is 8.41. The molecule has 1 aliphatic heterocycles. The number of fused-ring (bicyclic) bond motifs is 1. The number of nitrogens with zero attached hydrogens (tertiary/aromatic N) is 4. The summed E-state index contributed by atoms with van der Waals surface area (Å²) in [5.41, 5.74) is 4.18. The minimum absolute atomic E-state index is 0.0709. The SMILES string of the molecule is COc1cc(-c2nc(Cc3ccc4[nH]ncc4c3C)n(C)n2)ccc1OCC(=O)NC1CNC1. The van der Waals surface area contributed by atoms with Crippen LogP contribution in [0.15, 0.2) is 36.5 Å². The van der Waals surface area contributed by atoms with Crippen LogP contribution in [-0.4, -0.2) is 63.7 Å². The number of hydrogen-bond donors (Lipinski definition) is 3. The average molecular weight is 462 g/mol. The van der Waals surface area contributed by atoms with Gasteiger partial charge in [-0.3, -0.25) is 14.6 Å². The van der Waals surface area contributed by atoms with Gasteiger partial charge in [-0.1, -0.05) is 6.07 Å². The van der Waals surface area contributed by atoms with Gasteiger partial charge in [0.15, 0.2) is 23.9 Å². The Labute approximate surface area is 196 Å². The van der Waals surface area contributed by atoms with Gasteiger partial charge in [-0.15, -0.1) is 0 Å². The Morgan fingerprint density at radius 1 is 1.24 bits per heavy atom. The molecule has 0 aliphatic carbocycles. The molecular weight excluding hydrogens is 434 g/mol. The maximum Gasteiger partial charge on any atom is 0.258 e. The van der Waals surface area contributed by atoms with Gasteiger partial charge in [-0.25, -0.2) is 4.98 Å². The molecule has 3 heterocycles. The van der Waals surface area contributed by atoms with E-state index < -0.39 is 0 Å². The number of H-pyrrole nitrogens is 1. The third kappa shape index (κ3) is 4.32. The molecule has 10 nitrogen and oxygen atoms in total. The van der Waals surface area contributed by atoms with Crippen molar-refractivity contribution in [1.29, 1.82) is 0 Å². The fourth-order valence-corrected chi connectivity index (χ4v) is 3.99. The first-order valence-electron chi connectivity index (χ1n) is 11.1. The van der Waals surface area contributed by atoms with E-state index in [1.165, 1.54) is 11.1 Å². The van der Waals surface area contributed by atoms with Crippen LogP contribution in [0.25, 0.3) is 22.3 Å². The third-order valence-electron chi connectivity index (χ3n) is 6.13. The molecule has 1 amide bonds. The maximum absolute atomic E-state index is 12.0. The average Bonchev–Trinajstić information content (AvgIpc) is 3.44. The summed E-state index contributed by atoms with van der Waals surface area (Å²) in [4.78, 5) is 16.8. The van der Waals surface area contributed by atoms with Crippen molar-refractivity contribution < 1.29 is 14.3 Å². The summed E-state index contributed by atoms with van der Waals surface area (Å²) in [6, 6.07) is 9.78. The Balaban J connectivity index is 1.32. The minimum Gasteiger partial charge on any atom is -0.493 e. The van der Waals surface area contributed by atoms with E-state index in [2.05, 4.69) is 38.9 Å². The van der Waals surface area contributed by atoms with Crippen LogP contribution < -0.4 is 20.1 Å². The zero-order valence-corrected chi connectivity index (χ0v) is 19.4. The van der Waals surface area contributed by atoms with E-state index in [4.69, 9.17) is 14.5 Å². The summed E-state index contributed by atoms with van der Waals surface area (Å²) in [5.74, 6) is 2.30. The smallest absolute Gasteiger partial charge is 0.258 e. The quantitative estimate of drug-likeness (QED) is 0.366. The van der Waals surface area contributed by atoms with E-state index in [0.717, 1.165) is 35.4 Å².